The van der Waals surface area contributed by atoms with E-state index in [1.54, 1.807) is 0 Å². The van der Waals surface area contributed by atoms with Crippen molar-refractivity contribution in [1.82, 2.24) is 5.32 Å². The molecule has 1 aliphatic heterocycles. The first-order valence-corrected chi connectivity index (χ1v) is 8.19. The fourth-order valence-corrected chi connectivity index (χ4v) is 3.52. The van der Waals surface area contributed by atoms with Crippen molar-refractivity contribution in [3.05, 3.63) is 35.4 Å². The lowest BCUT2D eigenvalue weighted by Crippen LogP contribution is -2.40. The topological polar surface area (TPSA) is 82.3 Å². The molecule has 0 radical (unpaired) electrons. The molecule has 122 valence electrons. The maximum atomic E-state index is 10.8. The smallest absolute Gasteiger partial charge is 0.306 e. The summed E-state index contributed by atoms with van der Waals surface area (Å²) >= 11 is 0. The maximum absolute atomic E-state index is 10.8. The van der Waals surface area contributed by atoms with Crippen LogP contribution in [-0.4, -0.2) is 30.3 Å². The van der Waals surface area contributed by atoms with Gasteiger partial charge in [0.15, 0.2) is 0 Å². The summed E-state index contributed by atoms with van der Waals surface area (Å²) in [5.41, 5.74) is 1.68. The first kappa shape index (κ1) is 16.0. The number of aliphatic carboxylic acids is 1. The minimum atomic E-state index is -0.733. The van der Waals surface area contributed by atoms with Crippen LogP contribution in [0.4, 0.5) is 0 Å². The van der Waals surface area contributed by atoms with E-state index in [9.17, 15) is 10.1 Å². The quantitative estimate of drug-likeness (QED) is 0.871. The normalized spacial score (nSPS) is 26.0. The lowest BCUT2D eigenvalue weighted by Gasteiger charge is -2.35. The molecule has 0 aromatic heterocycles. The highest BCUT2D eigenvalue weighted by Crippen LogP contribution is 2.36. The summed E-state index contributed by atoms with van der Waals surface area (Å²) < 4.78 is 5.88. The van der Waals surface area contributed by atoms with Gasteiger partial charge < -0.3 is 15.2 Å². The zero-order chi connectivity index (χ0) is 16.3. The molecule has 0 atom stereocenters. The van der Waals surface area contributed by atoms with Gasteiger partial charge in [-0.2, -0.15) is 5.26 Å². The van der Waals surface area contributed by atoms with Crippen LogP contribution in [-0.2, 0) is 21.6 Å². The third kappa shape index (κ3) is 3.24. The summed E-state index contributed by atoms with van der Waals surface area (Å²) in [5.74, 6) is -0.992. The van der Waals surface area contributed by atoms with Crippen LogP contribution in [0.5, 0.6) is 0 Å². The number of carboxylic acid groups (broad SMARTS) is 1. The highest BCUT2D eigenvalue weighted by atomic mass is 16.5. The summed E-state index contributed by atoms with van der Waals surface area (Å²) in [6, 6.07) is 10.5. The monoisotopic (exact) mass is 314 g/mol. The molecule has 5 heteroatoms. The van der Waals surface area contributed by atoms with Gasteiger partial charge in [0.2, 0.25) is 0 Å². The number of nitriles is 1. The second-order valence-corrected chi connectivity index (χ2v) is 6.54. The van der Waals surface area contributed by atoms with E-state index in [-0.39, 0.29) is 12.0 Å². The minimum absolute atomic E-state index is 0.0233. The van der Waals surface area contributed by atoms with Crippen LogP contribution in [0.25, 0.3) is 0 Å². The van der Waals surface area contributed by atoms with Crippen LogP contribution >= 0.6 is 0 Å². The van der Waals surface area contributed by atoms with Gasteiger partial charge in [-0.15, -0.1) is 0 Å². The van der Waals surface area contributed by atoms with Crippen molar-refractivity contribution >= 4 is 5.97 Å². The van der Waals surface area contributed by atoms with Crippen LogP contribution < -0.4 is 5.32 Å². The van der Waals surface area contributed by atoms with Gasteiger partial charge in [-0.25, -0.2) is 0 Å². The van der Waals surface area contributed by atoms with Crippen molar-refractivity contribution in [3.63, 3.8) is 0 Å². The third-order valence-corrected chi connectivity index (χ3v) is 5.12. The Kier molecular flexibility index (Phi) is 4.65. The zero-order valence-electron chi connectivity index (χ0n) is 13.1. The van der Waals surface area contributed by atoms with Gasteiger partial charge in [-0.3, -0.25) is 4.79 Å². The van der Waals surface area contributed by atoms with E-state index in [4.69, 9.17) is 9.84 Å². The first-order chi connectivity index (χ1) is 11.1. The molecule has 5 nitrogen and oxygen atoms in total. The molecule has 1 saturated heterocycles. The Bertz CT molecular complexity index is 611. The Morgan fingerprint density at radius 3 is 2.70 bits per heavy atom. The van der Waals surface area contributed by atoms with Crippen LogP contribution in [0.15, 0.2) is 24.3 Å². The van der Waals surface area contributed by atoms with Crippen molar-refractivity contribution < 1.29 is 14.6 Å². The van der Waals surface area contributed by atoms with Crippen LogP contribution in [0.1, 0.15) is 36.8 Å². The molecule has 2 fully saturated rings. The van der Waals surface area contributed by atoms with Crippen LogP contribution in [0.2, 0.25) is 0 Å². The highest BCUT2D eigenvalue weighted by Gasteiger charge is 2.37. The molecule has 1 saturated carbocycles. The van der Waals surface area contributed by atoms with Crippen molar-refractivity contribution in [2.24, 2.45) is 5.92 Å². The molecule has 3 rings (SSSR count). The van der Waals surface area contributed by atoms with E-state index in [1.165, 1.54) is 0 Å². The Balaban J connectivity index is 1.69. The second-order valence-electron chi connectivity index (χ2n) is 6.54. The van der Waals surface area contributed by atoms with Crippen LogP contribution in [0, 0.1) is 17.2 Å². The van der Waals surface area contributed by atoms with E-state index in [2.05, 4.69) is 11.4 Å². The number of carboxylic acids is 1. The number of piperidine rings is 1. The largest absolute Gasteiger partial charge is 0.481 e. The van der Waals surface area contributed by atoms with E-state index < -0.39 is 11.4 Å². The molecular formula is C18H22N2O3. The van der Waals surface area contributed by atoms with Gasteiger partial charge in [0.25, 0.3) is 0 Å². The average molecular weight is 314 g/mol. The van der Waals surface area contributed by atoms with Gasteiger partial charge >= 0.3 is 5.97 Å². The van der Waals surface area contributed by atoms with E-state index in [0.717, 1.165) is 37.1 Å². The standard InChI is InChI=1S/C18H22N2O3/c19-12-18(5-7-20-8-6-18)16-4-2-1-3-13(16)11-23-15-9-14(10-15)17(21)22/h1-4,14-15,20H,5-11H2,(H,21,22). The molecule has 0 spiro atoms. The Labute approximate surface area is 136 Å². The second kappa shape index (κ2) is 6.69. The summed E-state index contributed by atoms with van der Waals surface area (Å²) in [7, 11) is 0. The number of nitrogens with zero attached hydrogens (tertiary/aromatic N) is 1. The van der Waals surface area contributed by atoms with E-state index in [0.29, 0.717) is 19.4 Å². The number of rotatable bonds is 5. The summed E-state index contributed by atoms with van der Waals surface area (Å²) in [6.45, 7) is 2.15. The molecule has 0 bridgehead atoms. The molecule has 2 N–H and O–H groups in total. The Morgan fingerprint density at radius 2 is 2.04 bits per heavy atom. The molecule has 1 aliphatic carbocycles. The Morgan fingerprint density at radius 1 is 1.35 bits per heavy atom. The number of ether oxygens (including phenoxy) is 1. The van der Waals surface area contributed by atoms with Crippen molar-refractivity contribution in [2.45, 2.75) is 43.8 Å². The molecule has 23 heavy (non-hydrogen) atoms. The SMILES string of the molecule is N#CC1(c2ccccc2COC2CC(C(=O)O)C2)CCNCC1. The predicted molar refractivity (Wildman–Crippen MR) is 84.8 cm³/mol. The molecule has 1 aromatic carbocycles. The van der Waals surface area contributed by atoms with Crippen molar-refractivity contribution in [1.29, 1.82) is 5.26 Å². The van der Waals surface area contributed by atoms with E-state index in [1.807, 2.05) is 24.3 Å². The van der Waals surface area contributed by atoms with Crippen LogP contribution in [0.3, 0.4) is 0 Å². The first-order valence-electron chi connectivity index (χ1n) is 8.19. The molecule has 2 aliphatic rings. The molecule has 1 heterocycles. The maximum Gasteiger partial charge on any atom is 0.306 e. The minimum Gasteiger partial charge on any atom is -0.481 e. The number of nitrogens with one attached hydrogen (secondary N) is 1. The third-order valence-electron chi connectivity index (χ3n) is 5.12. The van der Waals surface area contributed by atoms with E-state index >= 15 is 0 Å². The summed E-state index contributed by atoms with van der Waals surface area (Å²) in [6.07, 6.45) is 2.82. The molecule has 1 aromatic rings. The lowest BCUT2D eigenvalue weighted by molar-refractivity contribution is -0.151. The number of carbonyl (C=O) groups is 1. The van der Waals surface area contributed by atoms with Gasteiger partial charge in [-0.1, -0.05) is 24.3 Å². The Hall–Kier alpha value is -1.90. The van der Waals surface area contributed by atoms with Gasteiger partial charge in [0.05, 0.1) is 30.1 Å². The predicted octanol–water partition coefficient (Wildman–Crippen LogP) is 2.21. The number of benzene rings is 1. The highest BCUT2D eigenvalue weighted by molar-refractivity contribution is 5.71. The lowest BCUT2D eigenvalue weighted by atomic mass is 9.73. The molecule has 0 amide bonds. The summed E-state index contributed by atoms with van der Waals surface area (Å²) in [5, 5.41) is 22.0. The summed E-state index contributed by atoms with van der Waals surface area (Å²) in [4.78, 5) is 10.8. The fourth-order valence-electron chi connectivity index (χ4n) is 3.52. The fraction of sp³-hybridized carbons (Fsp3) is 0.556. The number of hydrogen-bond acceptors (Lipinski definition) is 4. The van der Waals surface area contributed by atoms with Crippen molar-refractivity contribution in [2.75, 3.05) is 13.1 Å². The van der Waals surface area contributed by atoms with Gasteiger partial charge in [0, 0.05) is 0 Å². The van der Waals surface area contributed by atoms with Crippen molar-refractivity contribution in [3.8, 4) is 6.07 Å². The zero-order valence-corrected chi connectivity index (χ0v) is 13.1. The van der Waals surface area contributed by atoms with Gasteiger partial charge in [0.1, 0.15) is 0 Å². The van der Waals surface area contributed by atoms with Gasteiger partial charge in [-0.05, 0) is 49.9 Å². The number of hydrogen-bond donors (Lipinski definition) is 2. The average Bonchev–Trinajstić information content (AvgIpc) is 2.54. The molecule has 0 unspecified atom stereocenters. The molecular weight excluding hydrogens is 292 g/mol.